The van der Waals surface area contributed by atoms with Gasteiger partial charge in [-0.3, -0.25) is 0 Å². The van der Waals surface area contributed by atoms with E-state index in [1.54, 1.807) is 12.1 Å². The maximum absolute atomic E-state index is 13.5. The molecule has 1 fully saturated rings. The smallest absolute Gasteiger partial charge is 0.125 e. The number of hydrogen-bond acceptors (Lipinski definition) is 4. The monoisotopic (exact) mass is 286 g/mol. The van der Waals surface area contributed by atoms with Gasteiger partial charge in [0, 0.05) is 12.0 Å². The quantitative estimate of drug-likeness (QED) is 0.859. The van der Waals surface area contributed by atoms with Crippen molar-refractivity contribution in [2.45, 2.75) is 23.0 Å². The van der Waals surface area contributed by atoms with Gasteiger partial charge in [-0.15, -0.1) is 23.5 Å². The van der Waals surface area contributed by atoms with E-state index in [0.29, 0.717) is 0 Å². The summed E-state index contributed by atoms with van der Waals surface area (Å²) in [7, 11) is 0. The van der Waals surface area contributed by atoms with E-state index in [1.165, 1.54) is 12.5 Å². The Hall–Kier alpha value is -0.390. The molecule has 1 aromatic rings. The van der Waals surface area contributed by atoms with Crippen molar-refractivity contribution in [3.63, 3.8) is 0 Å². The molecule has 1 N–H and O–H groups in total. The average molecular weight is 286 g/mol. The molecule has 2 aliphatic rings. The minimum atomic E-state index is -0.217. The average Bonchev–Trinajstić information content (AvgIpc) is 2.40. The summed E-state index contributed by atoms with van der Waals surface area (Å²) < 4.78 is 19.1. The molecule has 1 aromatic carbocycles. The number of hydrogen-bond donors (Lipinski definition) is 1. The summed E-state index contributed by atoms with van der Waals surface area (Å²) >= 11 is 3.72. The standard InChI is InChI=1S/C13H15FO2S2/c14-9-2-3-12-11(6-9)13(7-10(8-15)16-12)17-4-1-5-18-13/h2-3,6,10,15H,1,4-5,7-8H2. The fourth-order valence-corrected chi connectivity index (χ4v) is 5.97. The lowest BCUT2D eigenvalue weighted by Gasteiger charge is -2.43. The molecular formula is C13H15FO2S2. The Kier molecular flexibility index (Phi) is 3.47. The minimum absolute atomic E-state index is 0.0136. The van der Waals surface area contributed by atoms with Crippen molar-refractivity contribution < 1.29 is 14.2 Å². The molecular weight excluding hydrogens is 271 g/mol. The summed E-state index contributed by atoms with van der Waals surface area (Å²) in [6, 6.07) is 4.70. The Balaban J connectivity index is 2.05. The highest BCUT2D eigenvalue weighted by atomic mass is 32.2. The molecule has 1 spiro atoms. The summed E-state index contributed by atoms with van der Waals surface area (Å²) in [5, 5.41) is 9.37. The molecule has 0 bridgehead atoms. The molecule has 2 aliphatic heterocycles. The lowest BCUT2D eigenvalue weighted by atomic mass is 10.0. The second kappa shape index (κ2) is 4.94. The van der Waals surface area contributed by atoms with Gasteiger partial charge in [0.15, 0.2) is 0 Å². The van der Waals surface area contributed by atoms with Gasteiger partial charge in [-0.05, 0) is 36.1 Å². The van der Waals surface area contributed by atoms with Crippen LogP contribution in [-0.4, -0.2) is 29.3 Å². The van der Waals surface area contributed by atoms with E-state index in [1.807, 2.05) is 23.5 Å². The molecule has 98 valence electrons. The minimum Gasteiger partial charge on any atom is -0.488 e. The van der Waals surface area contributed by atoms with E-state index in [9.17, 15) is 9.50 Å². The van der Waals surface area contributed by atoms with Crippen LogP contribution in [0.15, 0.2) is 18.2 Å². The summed E-state index contributed by atoms with van der Waals surface area (Å²) in [5.41, 5.74) is 0.946. The first kappa shape index (κ1) is 12.6. The zero-order valence-electron chi connectivity index (χ0n) is 9.89. The van der Waals surface area contributed by atoms with Crippen LogP contribution in [0.1, 0.15) is 18.4 Å². The molecule has 1 atom stereocenters. The summed E-state index contributed by atoms with van der Waals surface area (Å²) in [5.74, 6) is 2.68. The van der Waals surface area contributed by atoms with Crippen molar-refractivity contribution in [1.29, 1.82) is 0 Å². The Morgan fingerprint density at radius 1 is 1.39 bits per heavy atom. The van der Waals surface area contributed by atoms with Gasteiger partial charge in [0.25, 0.3) is 0 Å². The summed E-state index contributed by atoms with van der Waals surface area (Å²) in [6.45, 7) is 0.0136. The van der Waals surface area contributed by atoms with Crippen LogP contribution in [0, 0.1) is 5.82 Å². The normalized spacial score (nSPS) is 25.6. The number of aliphatic hydroxyl groups is 1. The fraction of sp³-hybridized carbons (Fsp3) is 0.538. The molecule has 18 heavy (non-hydrogen) atoms. The van der Waals surface area contributed by atoms with Crippen molar-refractivity contribution in [2.75, 3.05) is 18.1 Å². The SMILES string of the molecule is OCC1CC2(SCCCS2)c2cc(F)ccc2O1. The maximum atomic E-state index is 13.5. The molecule has 0 aliphatic carbocycles. The van der Waals surface area contributed by atoms with Crippen LogP contribution in [0.2, 0.25) is 0 Å². The van der Waals surface area contributed by atoms with E-state index < -0.39 is 0 Å². The lowest BCUT2D eigenvalue weighted by molar-refractivity contribution is 0.0933. The van der Waals surface area contributed by atoms with Gasteiger partial charge in [0.1, 0.15) is 17.7 Å². The van der Waals surface area contributed by atoms with Crippen molar-refractivity contribution >= 4 is 23.5 Å². The van der Waals surface area contributed by atoms with Crippen LogP contribution in [-0.2, 0) is 4.08 Å². The van der Waals surface area contributed by atoms with Gasteiger partial charge in [-0.25, -0.2) is 4.39 Å². The van der Waals surface area contributed by atoms with Gasteiger partial charge in [-0.1, -0.05) is 0 Å². The number of aliphatic hydroxyl groups excluding tert-OH is 1. The molecule has 1 unspecified atom stereocenters. The van der Waals surface area contributed by atoms with Crippen molar-refractivity contribution in [3.05, 3.63) is 29.6 Å². The third-order valence-electron chi connectivity index (χ3n) is 3.30. The Morgan fingerprint density at radius 3 is 2.89 bits per heavy atom. The molecule has 0 radical (unpaired) electrons. The zero-order chi connectivity index (χ0) is 12.6. The summed E-state index contributed by atoms with van der Waals surface area (Å²) in [6.07, 6.45) is 1.75. The molecule has 0 saturated carbocycles. The second-order valence-corrected chi connectivity index (χ2v) is 7.62. The van der Waals surface area contributed by atoms with Gasteiger partial charge in [0.05, 0.1) is 10.7 Å². The molecule has 2 nitrogen and oxygen atoms in total. The lowest BCUT2D eigenvalue weighted by Crippen LogP contribution is -2.38. The van der Waals surface area contributed by atoms with E-state index in [4.69, 9.17) is 4.74 Å². The van der Waals surface area contributed by atoms with Crippen LogP contribution in [0.5, 0.6) is 5.75 Å². The highest BCUT2D eigenvalue weighted by molar-refractivity contribution is 8.18. The van der Waals surface area contributed by atoms with Gasteiger partial charge in [0.2, 0.25) is 0 Å². The van der Waals surface area contributed by atoms with Gasteiger partial charge < -0.3 is 9.84 Å². The second-order valence-electron chi connectivity index (χ2n) is 4.57. The number of ether oxygens (including phenoxy) is 1. The molecule has 5 heteroatoms. The first-order chi connectivity index (χ1) is 8.73. The predicted octanol–water partition coefficient (Wildman–Crippen LogP) is 2.99. The van der Waals surface area contributed by atoms with E-state index in [0.717, 1.165) is 29.2 Å². The van der Waals surface area contributed by atoms with Crippen molar-refractivity contribution in [3.8, 4) is 5.75 Å². The topological polar surface area (TPSA) is 29.5 Å². The Labute approximate surface area is 114 Å². The number of halogens is 1. The van der Waals surface area contributed by atoms with Gasteiger partial charge >= 0.3 is 0 Å². The Morgan fingerprint density at radius 2 is 2.17 bits per heavy atom. The largest absolute Gasteiger partial charge is 0.488 e. The van der Waals surface area contributed by atoms with Crippen LogP contribution in [0.3, 0.4) is 0 Å². The maximum Gasteiger partial charge on any atom is 0.125 e. The zero-order valence-corrected chi connectivity index (χ0v) is 11.5. The third kappa shape index (κ3) is 2.12. The third-order valence-corrected chi connectivity index (χ3v) is 6.70. The molecule has 3 rings (SSSR count). The van der Waals surface area contributed by atoms with Gasteiger partial charge in [-0.2, -0.15) is 0 Å². The first-order valence-corrected chi connectivity index (χ1v) is 8.06. The van der Waals surface area contributed by atoms with E-state index >= 15 is 0 Å². The number of benzene rings is 1. The predicted molar refractivity (Wildman–Crippen MR) is 73.7 cm³/mol. The molecule has 0 amide bonds. The number of thioether (sulfide) groups is 2. The highest BCUT2D eigenvalue weighted by Gasteiger charge is 2.44. The number of fused-ring (bicyclic) bond motifs is 2. The van der Waals surface area contributed by atoms with E-state index in [2.05, 4.69) is 0 Å². The summed E-state index contributed by atoms with van der Waals surface area (Å²) in [4.78, 5) is 0. The highest BCUT2D eigenvalue weighted by Crippen LogP contribution is 2.57. The van der Waals surface area contributed by atoms with E-state index in [-0.39, 0.29) is 22.6 Å². The first-order valence-electron chi connectivity index (χ1n) is 6.09. The van der Waals surface area contributed by atoms with Crippen molar-refractivity contribution in [1.82, 2.24) is 0 Å². The van der Waals surface area contributed by atoms with Crippen LogP contribution in [0.4, 0.5) is 4.39 Å². The van der Waals surface area contributed by atoms with Crippen LogP contribution < -0.4 is 4.74 Å². The fourth-order valence-electron chi connectivity index (χ4n) is 2.48. The van der Waals surface area contributed by atoms with Crippen LogP contribution >= 0.6 is 23.5 Å². The molecule has 0 aromatic heterocycles. The van der Waals surface area contributed by atoms with Crippen molar-refractivity contribution in [2.24, 2.45) is 0 Å². The number of rotatable bonds is 1. The van der Waals surface area contributed by atoms with Crippen LogP contribution in [0.25, 0.3) is 0 Å². The molecule has 2 heterocycles. The Bertz CT molecular complexity index is 447. The molecule has 1 saturated heterocycles.